The van der Waals surface area contributed by atoms with Crippen molar-refractivity contribution in [3.8, 4) is 5.75 Å². The fraction of sp³-hybridized carbons (Fsp3) is 0.400. The van der Waals surface area contributed by atoms with E-state index in [-0.39, 0.29) is 11.9 Å². The van der Waals surface area contributed by atoms with Gasteiger partial charge >= 0.3 is 5.97 Å². The van der Waals surface area contributed by atoms with Crippen molar-refractivity contribution in [2.45, 2.75) is 31.1 Å². The maximum absolute atomic E-state index is 13.4. The zero-order valence-electron chi connectivity index (χ0n) is 14.7. The van der Waals surface area contributed by atoms with Gasteiger partial charge in [-0.05, 0) is 25.5 Å². The van der Waals surface area contributed by atoms with Gasteiger partial charge in [0.1, 0.15) is 17.3 Å². The molecule has 1 aromatic carbocycles. The number of hydrogen-bond donors (Lipinski definition) is 1. The highest BCUT2D eigenvalue weighted by atomic mass is 16.5. The Hall–Kier alpha value is -2.60. The van der Waals surface area contributed by atoms with Gasteiger partial charge in [0.2, 0.25) is 5.91 Å². The molecular weight excluding hydrogens is 334 g/mol. The van der Waals surface area contributed by atoms with Crippen LogP contribution >= 0.6 is 0 Å². The molecule has 3 heterocycles. The average Bonchev–Trinajstić information content (AvgIpc) is 3.24. The highest BCUT2D eigenvalue weighted by Gasteiger charge is 2.71. The van der Waals surface area contributed by atoms with E-state index in [0.717, 1.165) is 5.57 Å². The molecule has 4 rings (SSSR count). The summed E-state index contributed by atoms with van der Waals surface area (Å²) in [6, 6.07) is 6.89. The van der Waals surface area contributed by atoms with Gasteiger partial charge < -0.3 is 19.5 Å². The van der Waals surface area contributed by atoms with E-state index in [4.69, 9.17) is 9.47 Å². The molecule has 0 saturated carbocycles. The van der Waals surface area contributed by atoms with Crippen LogP contribution in [0.15, 0.2) is 48.6 Å². The van der Waals surface area contributed by atoms with E-state index in [1.54, 1.807) is 30.2 Å². The van der Waals surface area contributed by atoms with Crippen LogP contribution in [0.2, 0.25) is 0 Å². The molecule has 6 nitrogen and oxygen atoms in total. The molecule has 0 aliphatic carbocycles. The molecular formula is C20H21NO5. The van der Waals surface area contributed by atoms with Crippen molar-refractivity contribution in [2.75, 3.05) is 12.0 Å². The zero-order chi connectivity index (χ0) is 18.6. The summed E-state index contributed by atoms with van der Waals surface area (Å²) in [6.45, 7) is 5.89. The maximum atomic E-state index is 13.4. The van der Waals surface area contributed by atoms with Crippen molar-refractivity contribution < 1.29 is 24.2 Å². The lowest BCUT2D eigenvalue weighted by Gasteiger charge is -2.33. The molecule has 2 bridgehead atoms. The Morgan fingerprint density at radius 2 is 2.23 bits per heavy atom. The van der Waals surface area contributed by atoms with Crippen molar-refractivity contribution in [1.29, 1.82) is 0 Å². The van der Waals surface area contributed by atoms with Crippen LogP contribution < -0.4 is 9.64 Å². The number of ether oxygens (including phenoxy) is 2. The number of anilines is 1. The molecule has 1 spiro atoms. The molecule has 0 radical (unpaired) electrons. The lowest BCUT2D eigenvalue weighted by molar-refractivity contribution is -0.146. The number of carboxylic acids is 1. The number of amides is 1. The molecule has 26 heavy (non-hydrogen) atoms. The van der Waals surface area contributed by atoms with Crippen molar-refractivity contribution in [2.24, 2.45) is 11.8 Å². The maximum Gasteiger partial charge on any atom is 0.310 e. The van der Waals surface area contributed by atoms with Gasteiger partial charge in [-0.2, -0.15) is 0 Å². The Morgan fingerprint density at radius 3 is 2.88 bits per heavy atom. The van der Waals surface area contributed by atoms with E-state index in [1.165, 1.54) is 0 Å². The molecule has 1 N–H and O–H groups in total. The first-order valence-electron chi connectivity index (χ1n) is 8.60. The quantitative estimate of drug-likeness (QED) is 0.821. The van der Waals surface area contributed by atoms with Crippen molar-refractivity contribution >= 4 is 17.6 Å². The minimum absolute atomic E-state index is 0.219. The second kappa shape index (κ2) is 5.71. The molecule has 0 unspecified atom stereocenters. The Kier molecular flexibility index (Phi) is 3.70. The first kappa shape index (κ1) is 16.8. The fourth-order valence-electron chi connectivity index (χ4n) is 4.58. The van der Waals surface area contributed by atoms with E-state index >= 15 is 0 Å². The van der Waals surface area contributed by atoms with E-state index in [0.29, 0.717) is 17.9 Å². The van der Waals surface area contributed by atoms with Crippen LogP contribution in [0, 0.1) is 11.8 Å². The topological polar surface area (TPSA) is 76.1 Å². The number of benzene rings is 1. The average molecular weight is 355 g/mol. The van der Waals surface area contributed by atoms with Crippen LogP contribution in [0.25, 0.3) is 0 Å². The highest BCUT2D eigenvalue weighted by Crippen LogP contribution is 2.56. The summed E-state index contributed by atoms with van der Waals surface area (Å²) in [4.78, 5) is 26.9. The third kappa shape index (κ3) is 2.15. The van der Waals surface area contributed by atoms with Crippen molar-refractivity contribution in [3.05, 3.63) is 48.6 Å². The third-order valence-electron chi connectivity index (χ3n) is 5.58. The number of carboxylic acid groups (broad SMARTS) is 1. The zero-order valence-corrected chi connectivity index (χ0v) is 14.7. The third-order valence-corrected chi connectivity index (χ3v) is 5.58. The number of fused-ring (bicyclic) bond motifs is 1. The van der Waals surface area contributed by atoms with Gasteiger partial charge in [0.15, 0.2) is 0 Å². The van der Waals surface area contributed by atoms with Gasteiger partial charge in [-0.3, -0.25) is 9.59 Å². The van der Waals surface area contributed by atoms with Crippen molar-refractivity contribution in [3.63, 3.8) is 0 Å². The predicted octanol–water partition coefficient (Wildman–Crippen LogP) is 2.40. The van der Waals surface area contributed by atoms with Crippen LogP contribution in [0.1, 0.15) is 13.3 Å². The molecule has 3 aliphatic heterocycles. The molecule has 3 aliphatic rings. The largest absolute Gasteiger partial charge is 0.497 e. The van der Waals surface area contributed by atoms with Gasteiger partial charge in [-0.1, -0.05) is 23.8 Å². The number of aliphatic carboxylic acids is 1. The number of carbonyl (C=O) groups excluding carboxylic acids is 1. The SMILES string of the molecule is C=C(C)C[C@H]1N(c2cccc(OC)c2)C(=O)[C@H]2[C@@H](C(=O)O)[C@@H]3C=C[C@]21O3. The summed E-state index contributed by atoms with van der Waals surface area (Å²) in [7, 11) is 1.57. The number of rotatable bonds is 5. The summed E-state index contributed by atoms with van der Waals surface area (Å²) < 4.78 is 11.4. The number of methoxy groups -OCH3 is 1. The summed E-state index contributed by atoms with van der Waals surface area (Å²) in [5, 5.41) is 9.68. The van der Waals surface area contributed by atoms with Crippen LogP contribution in [0.5, 0.6) is 5.75 Å². The summed E-state index contributed by atoms with van der Waals surface area (Å²) in [6.07, 6.45) is 3.64. The first-order chi connectivity index (χ1) is 12.4. The summed E-state index contributed by atoms with van der Waals surface area (Å²) >= 11 is 0. The molecule has 2 fully saturated rings. The predicted molar refractivity (Wildman–Crippen MR) is 95.1 cm³/mol. The lowest BCUT2D eigenvalue weighted by Crippen LogP contribution is -2.45. The molecule has 2 saturated heterocycles. The van der Waals surface area contributed by atoms with E-state index in [1.807, 2.05) is 25.1 Å². The van der Waals surface area contributed by atoms with Gasteiger partial charge in [-0.15, -0.1) is 6.58 Å². The molecule has 6 heteroatoms. The van der Waals surface area contributed by atoms with E-state index in [2.05, 4.69) is 6.58 Å². The van der Waals surface area contributed by atoms with Crippen molar-refractivity contribution in [1.82, 2.24) is 0 Å². The minimum Gasteiger partial charge on any atom is -0.497 e. The van der Waals surface area contributed by atoms with Gasteiger partial charge in [0, 0.05) is 11.8 Å². The Bertz CT molecular complexity index is 831. The van der Waals surface area contributed by atoms with Gasteiger partial charge in [-0.25, -0.2) is 0 Å². The molecule has 1 amide bonds. The summed E-state index contributed by atoms with van der Waals surface area (Å²) in [5.41, 5.74) is 0.659. The van der Waals surface area contributed by atoms with Crippen LogP contribution in [-0.4, -0.2) is 41.8 Å². The standard InChI is InChI=1S/C20H21NO5/c1-11(2)9-15-20-8-7-14(26-20)16(19(23)24)17(20)18(22)21(15)12-5-4-6-13(10-12)25-3/h4-8,10,14-17H,1,9H2,2-3H3,(H,23,24)/t14-,15+,16-,17+,20+/m0/s1. The second-order valence-corrected chi connectivity index (χ2v) is 7.22. The van der Waals surface area contributed by atoms with Gasteiger partial charge in [0.25, 0.3) is 0 Å². The first-order valence-corrected chi connectivity index (χ1v) is 8.60. The smallest absolute Gasteiger partial charge is 0.310 e. The Balaban J connectivity index is 1.84. The molecule has 5 atom stereocenters. The molecule has 1 aromatic rings. The minimum atomic E-state index is -0.999. The Morgan fingerprint density at radius 1 is 1.46 bits per heavy atom. The number of hydrogen-bond acceptors (Lipinski definition) is 4. The fourth-order valence-corrected chi connectivity index (χ4v) is 4.58. The van der Waals surface area contributed by atoms with E-state index in [9.17, 15) is 14.7 Å². The number of carbonyl (C=O) groups is 2. The highest BCUT2D eigenvalue weighted by molar-refractivity contribution is 6.03. The molecule has 136 valence electrons. The number of nitrogens with zero attached hydrogens (tertiary/aromatic N) is 1. The molecule has 0 aromatic heterocycles. The normalized spacial score (nSPS) is 34.2. The van der Waals surface area contributed by atoms with Gasteiger partial charge in [0.05, 0.1) is 25.2 Å². The monoisotopic (exact) mass is 355 g/mol. The van der Waals surface area contributed by atoms with E-state index < -0.39 is 29.5 Å². The summed E-state index contributed by atoms with van der Waals surface area (Å²) in [5.74, 6) is -2.18. The van der Waals surface area contributed by atoms with Crippen LogP contribution in [-0.2, 0) is 14.3 Å². The lowest BCUT2D eigenvalue weighted by atomic mass is 9.74. The second-order valence-electron chi connectivity index (χ2n) is 7.22. The van der Waals surface area contributed by atoms with Crippen LogP contribution in [0.4, 0.5) is 5.69 Å². The Labute approximate surface area is 151 Å². The van der Waals surface area contributed by atoms with Crippen LogP contribution in [0.3, 0.4) is 0 Å².